The van der Waals surface area contributed by atoms with Gasteiger partial charge in [-0.2, -0.15) is 5.10 Å². The molecule has 1 amide bonds. The molecule has 1 N–H and O–H groups in total. The van der Waals surface area contributed by atoms with Gasteiger partial charge in [0.25, 0.3) is 0 Å². The maximum absolute atomic E-state index is 12.0. The standard InChI is InChI=1S/C11H13N5OS/c17-11(12-3-9-5-18-7-14-9)8-1-2-10-13-6-15-16(10)4-8/h5-8H,1-4H2,(H,12,17). The monoisotopic (exact) mass is 263 g/mol. The van der Waals surface area contributed by atoms with E-state index in [1.165, 1.54) is 11.3 Å². The molecule has 6 nitrogen and oxygen atoms in total. The molecule has 1 atom stereocenters. The summed E-state index contributed by atoms with van der Waals surface area (Å²) in [6, 6.07) is 0. The number of aryl methyl sites for hydroxylation is 1. The fraction of sp³-hybridized carbons (Fsp3) is 0.455. The van der Waals surface area contributed by atoms with Crippen LogP contribution in [0.15, 0.2) is 17.2 Å². The van der Waals surface area contributed by atoms with Crippen LogP contribution in [-0.4, -0.2) is 25.7 Å². The second-order valence-electron chi connectivity index (χ2n) is 4.29. The lowest BCUT2D eigenvalue weighted by atomic mass is 9.99. The lowest BCUT2D eigenvalue weighted by Crippen LogP contribution is -2.36. The molecule has 2 aromatic rings. The van der Waals surface area contributed by atoms with Crippen LogP contribution in [0.1, 0.15) is 17.9 Å². The summed E-state index contributed by atoms with van der Waals surface area (Å²) in [4.78, 5) is 20.3. The van der Waals surface area contributed by atoms with Crippen molar-refractivity contribution in [1.82, 2.24) is 25.1 Å². The van der Waals surface area contributed by atoms with E-state index < -0.39 is 0 Å². The van der Waals surface area contributed by atoms with Crippen LogP contribution in [0.3, 0.4) is 0 Å². The minimum absolute atomic E-state index is 0.0159. The molecule has 18 heavy (non-hydrogen) atoms. The van der Waals surface area contributed by atoms with Crippen molar-refractivity contribution >= 4 is 17.2 Å². The summed E-state index contributed by atoms with van der Waals surface area (Å²) in [6.45, 7) is 1.13. The Kier molecular flexibility index (Phi) is 3.06. The summed E-state index contributed by atoms with van der Waals surface area (Å²) in [5, 5.41) is 8.98. The average molecular weight is 263 g/mol. The molecule has 1 aliphatic rings. The Hall–Kier alpha value is -1.76. The van der Waals surface area contributed by atoms with E-state index in [1.807, 2.05) is 10.1 Å². The Morgan fingerprint density at radius 3 is 3.33 bits per heavy atom. The Bertz CT molecular complexity index is 535. The first kappa shape index (κ1) is 11.3. The molecule has 0 radical (unpaired) electrons. The number of aromatic nitrogens is 4. The maximum Gasteiger partial charge on any atom is 0.225 e. The number of carbonyl (C=O) groups excluding carboxylic acids is 1. The van der Waals surface area contributed by atoms with E-state index in [9.17, 15) is 4.79 Å². The minimum atomic E-state index is -0.0159. The molecule has 1 unspecified atom stereocenters. The lowest BCUT2D eigenvalue weighted by Gasteiger charge is -2.21. The van der Waals surface area contributed by atoms with Gasteiger partial charge in [0, 0.05) is 11.8 Å². The molecular weight excluding hydrogens is 250 g/mol. The maximum atomic E-state index is 12.0. The van der Waals surface area contributed by atoms with Gasteiger partial charge in [-0.05, 0) is 6.42 Å². The Morgan fingerprint density at radius 1 is 1.56 bits per heavy atom. The molecule has 0 fully saturated rings. The average Bonchev–Trinajstić information content (AvgIpc) is 3.05. The molecule has 0 saturated carbocycles. The number of hydrogen-bond acceptors (Lipinski definition) is 5. The molecule has 2 aromatic heterocycles. The van der Waals surface area contributed by atoms with Crippen LogP contribution in [0, 0.1) is 5.92 Å². The summed E-state index contributed by atoms with van der Waals surface area (Å²) in [6.07, 6.45) is 3.20. The SMILES string of the molecule is O=C(NCc1cscn1)C1CCc2ncnn2C1. The number of rotatable bonds is 3. The summed E-state index contributed by atoms with van der Waals surface area (Å²) in [7, 11) is 0. The van der Waals surface area contributed by atoms with Gasteiger partial charge in [-0.25, -0.2) is 14.6 Å². The molecule has 0 spiro atoms. The third-order valence-electron chi connectivity index (χ3n) is 3.10. The number of nitrogens with zero attached hydrogens (tertiary/aromatic N) is 4. The molecule has 3 rings (SSSR count). The number of nitrogens with one attached hydrogen (secondary N) is 1. The molecule has 0 aliphatic carbocycles. The van der Waals surface area contributed by atoms with Crippen LogP contribution >= 0.6 is 11.3 Å². The smallest absolute Gasteiger partial charge is 0.225 e. The zero-order valence-corrected chi connectivity index (χ0v) is 10.6. The number of amides is 1. The van der Waals surface area contributed by atoms with Gasteiger partial charge in [-0.1, -0.05) is 0 Å². The van der Waals surface area contributed by atoms with Crippen molar-refractivity contribution in [2.45, 2.75) is 25.9 Å². The van der Waals surface area contributed by atoms with Crippen molar-refractivity contribution in [3.8, 4) is 0 Å². The topological polar surface area (TPSA) is 72.7 Å². The van der Waals surface area contributed by atoms with Gasteiger partial charge in [0.2, 0.25) is 5.91 Å². The van der Waals surface area contributed by atoms with Crippen molar-refractivity contribution in [2.75, 3.05) is 0 Å². The Morgan fingerprint density at radius 2 is 2.50 bits per heavy atom. The van der Waals surface area contributed by atoms with E-state index >= 15 is 0 Å². The molecule has 0 saturated heterocycles. The third-order valence-corrected chi connectivity index (χ3v) is 3.74. The number of hydrogen-bond donors (Lipinski definition) is 1. The third kappa shape index (κ3) is 2.26. The summed E-state index contributed by atoms with van der Waals surface area (Å²) < 4.78 is 1.82. The fourth-order valence-corrected chi connectivity index (χ4v) is 2.66. The Balaban J connectivity index is 1.57. The highest BCUT2D eigenvalue weighted by molar-refractivity contribution is 7.07. The molecule has 1 aliphatic heterocycles. The predicted octanol–water partition coefficient (Wildman–Crippen LogP) is 0.613. The number of fused-ring (bicyclic) bond motifs is 1. The van der Waals surface area contributed by atoms with Crippen LogP contribution in [0.25, 0.3) is 0 Å². The first-order valence-corrected chi connectivity index (χ1v) is 6.78. The van der Waals surface area contributed by atoms with Crippen molar-refractivity contribution in [3.63, 3.8) is 0 Å². The van der Waals surface area contributed by atoms with E-state index in [0.717, 1.165) is 24.4 Å². The van der Waals surface area contributed by atoms with Gasteiger partial charge in [-0.15, -0.1) is 11.3 Å². The van der Waals surface area contributed by atoms with E-state index in [0.29, 0.717) is 13.1 Å². The van der Waals surface area contributed by atoms with Gasteiger partial charge in [0.05, 0.1) is 30.2 Å². The van der Waals surface area contributed by atoms with E-state index in [4.69, 9.17) is 0 Å². The van der Waals surface area contributed by atoms with Crippen LogP contribution in [0.4, 0.5) is 0 Å². The Labute approximate surface area is 108 Å². The zero-order chi connectivity index (χ0) is 12.4. The zero-order valence-electron chi connectivity index (χ0n) is 9.74. The van der Waals surface area contributed by atoms with Crippen LogP contribution < -0.4 is 5.32 Å². The number of carbonyl (C=O) groups is 1. The number of thiazole rings is 1. The predicted molar refractivity (Wildman–Crippen MR) is 65.8 cm³/mol. The van der Waals surface area contributed by atoms with E-state index in [-0.39, 0.29) is 11.8 Å². The minimum Gasteiger partial charge on any atom is -0.350 e. The molecule has 0 aromatic carbocycles. The van der Waals surface area contributed by atoms with Crippen LogP contribution in [-0.2, 0) is 24.3 Å². The lowest BCUT2D eigenvalue weighted by molar-refractivity contribution is -0.126. The molecule has 94 valence electrons. The van der Waals surface area contributed by atoms with E-state index in [1.54, 1.807) is 11.8 Å². The summed E-state index contributed by atoms with van der Waals surface area (Å²) >= 11 is 1.53. The molecular formula is C11H13N5OS. The highest BCUT2D eigenvalue weighted by atomic mass is 32.1. The highest BCUT2D eigenvalue weighted by Crippen LogP contribution is 2.17. The summed E-state index contributed by atoms with van der Waals surface area (Å²) in [5.74, 6) is 1.03. The summed E-state index contributed by atoms with van der Waals surface area (Å²) in [5.41, 5.74) is 2.68. The van der Waals surface area contributed by atoms with Crippen LogP contribution in [0.2, 0.25) is 0 Å². The van der Waals surface area contributed by atoms with Gasteiger partial charge in [0.1, 0.15) is 12.2 Å². The van der Waals surface area contributed by atoms with Gasteiger partial charge in [-0.3, -0.25) is 4.79 Å². The second kappa shape index (κ2) is 4.85. The van der Waals surface area contributed by atoms with Gasteiger partial charge < -0.3 is 5.32 Å². The van der Waals surface area contributed by atoms with Crippen molar-refractivity contribution in [1.29, 1.82) is 0 Å². The normalized spacial score (nSPS) is 18.3. The highest BCUT2D eigenvalue weighted by Gasteiger charge is 2.25. The second-order valence-corrected chi connectivity index (χ2v) is 5.01. The largest absolute Gasteiger partial charge is 0.350 e. The first-order chi connectivity index (χ1) is 8.83. The van der Waals surface area contributed by atoms with Gasteiger partial charge >= 0.3 is 0 Å². The quantitative estimate of drug-likeness (QED) is 0.880. The molecule has 0 bridgehead atoms. The molecule has 7 heteroatoms. The van der Waals surface area contributed by atoms with Crippen molar-refractivity contribution in [3.05, 3.63) is 28.7 Å². The van der Waals surface area contributed by atoms with Crippen LogP contribution in [0.5, 0.6) is 0 Å². The molecule has 3 heterocycles. The van der Waals surface area contributed by atoms with Gasteiger partial charge in [0.15, 0.2) is 0 Å². The first-order valence-electron chi connectivity index (χ1n) is 5.84. The van der Waals surface area contributed by atoms with Crippen molar-refractivity contribution < 1.29 is 4.79 Å². The van der Waals surface area contributed by atoms with E-state index in [2.05, 4.69) is 20.4 Å². The van der Waals surface area contributed by atoms with Crippen molar-refractivity contribution in [2.24, 2.45) is 5.92 Å². The fourth-order valence-electron chi connectivity index (χ4n) is 2.10.